The lowest BCUT2D eigenvalue weighted by Gasteiger charge is -2.36. The van der Waals surface area contributed by atoms with E-state index in [0.717, 1.165) is 26.6 Å². The first-order valence-electron chi connectivity index (χ1n) is 9.38. The van der Waals surface area contributed by atoms with Crippen molar-refractivity contribution < 1.29 is 13.2 Å². The van der Waals surface area contributed by atoms with Crippen molar-refractivity contribution in [2.24, 2.45) is 0 Å². The number of sulfonamides is 1. The number of urea groups is 1. The van der Waals surface area contributed by atoms with E-state index in [1.54, 1.807) is 30.3 Å². The average Bonchev–Trinajstić information content (AvgIpc) is 2.68. The molecule has 0 saturated heterocycles. The summed E-state index contributed by atoms with van der Waals surface area (Å²) in [6.07, 6.45) is 0. The molecule has 0 N–H and O–H groups in total. The molecule has 29 heavy (non-hydrogen) atoms. The minimum absolute atomic E-state index is 0.131. The van der Waals surface area contributed by atoms with Crippen LogP contribution in [0.5, 0.6) is 0 Å². The van der Waals surface area contributed by atoms with E-state index < -0.39 is 16.1 Å². The smallest absolute Gasteiger partial charge is 0.287 e. The van der Waals surface area contributed by atoms with Gasteiger partial charge in [0.2, 0.25) is 0 Å². The number of carbonyl (C=O) groups excluding carboxylic acids is 1. The van der Waals surface area contributed by atoms with Gasteiger partial charge in [0.05, 0.1) is 17.9 Å². The van der Waals surface area contributed by atoms with Gasteiger partial charge in [-0.15, -0.1) is 0 Å². The van der Waals surface area contributed by atoms with Gasteiger partial charge in [0, 0.05) is 0 Å². The maximum absolute atomic E-state index is 13.5. The minimum atomic E-state index is -4.01. The molecule has 3 aromatic rings. The number of rotatable bonds is 3. The molecule has 0 saturated carbocycles. The van der Waals surface area contributed by atoms with E-state index in [-0.39, 0.29) is 11.4 Å². The van der Waals surface area contributed by atoms with Crippen LogP contribution in [0.4, 0.5) is 16.2 Å². The van der Waals surface area contributed by atoms with E-state index in [1.807, 2.05) is 57.2 Å². The molecular formula is C23H22N2O3S. The molecule has 3 aromatic carbocycles. The van der Waals surface area contributed by atoms with Crippen molar-refractivity contribution in [2.45, 2.75) is 32.2 Å². The lowest BCUT2D eigenvalue weighted by Crippen LogP contribution is -2.51. The summed E-state index contributed by atoms with van der Waals surface area (Å²) in [6.45, 7) is 6.03. The van der Waals surface area contributed by atoms with E-state index in [2.05, 4.69) is 0 Å². The molecule has 0 aliphatic carbocycles. The van der Waals surface area contributed by atoms with Crippen molar-refractivity contribution in [1.29, 1.82) is 0 Å². The molecule has 5 nitrogen and oxygen atoms in total. The number of para-hydroxylation sites is 1. The molecule has 0 spiro atoms. The lowest BCUT2D eigenvalue weighted by molar-refractivity contribution is 0.253. The first kappa shape index (κ1) is 19.2. The van der Waals surface area contributed by atoms with Crippen LogP contribution >= 0.6 is 0 Å². The number of fused-ring (bicyclic) bond motifs is 1. The third-order valence-corrected chi connectivity index (χ3v) is 6.85. The SMILES string of the molecule is Cc1ccc(CN2C(=O)N(c3ccc(C)cc3C)S(=O)(=O)c3ccccc32)cc1. The summed E-state index contributed by atoms with van der Waals surface area (Å²) in [4.78, 5) is 15.1. The van der Waals surface area contributed by atoms with Crippen molar-refractivity contribution in [1.82, 2.24) is 0 Å². The zero-order chi connectivity index (χ0) is 20.8. The van der Waals surface area contributed by atoms with Gasteiger partial charge in [-0.3, -0.25) is 4.90 Å². The predicted molar refractivity (Wildman–Crippen MR) is 115 cm³/mol. The summed E-state index contributed by atoms with van der Waals surface area (Å²) in [5.74, 6) is 0. The normalized spacial score (nSPS) is 15.3. The maximum Gasteiger partial charge on any atom is 0.343 e. The van der Waals surface area contributed by atoms with Crippen LogP contribution in [0.25, 0.3) is 0 Å². The van der Waals surface area contributed by atoms with Gasteiger partial charge in [-0.05, 0) is 50.1 Å². The molecular weight excluding hydrogens is 384 g/mol. The van der Waals surface area contributed by atoms with Crippen LogP contribution in [0.15, 0.2) is 71.6 Å². The van der Waals surface area contributed by atoms with E-state index in [0.29, 0.717) is 11.4 Å². The van der Waals surface area contributed by atoms with Crippen LogP contribution in [0.2, 0.25) is 0 Å². The van der Waals surface area contributed by atoms with Crippen molar-refractivity contribution in [3.63, 3.8) is 0 Å². The van der Waals surface area contributed by atoms with Crippen molar-refractivity contribution in [2.75, 3.05) is 9.21 Å². The second-order valence-electron chi connectivity index (χ2n) is 7.38. The molecule has 1 aliphatic rings. The Labute approximate surface area is 171 Å². The number of hydrogen-bond donors (Lipinski definition) is 0. The highest BCUT2D eigenvalue weighted by molar-refractivity contribution is 7.94. The van der Waals surface area contributed by atoms with Gasteiger partial charge in [0.15, 0.2) is 0 Å². The third-order valence-electron chi connectivity index (χ3n) is 5.11. The second kappa shape index (κ2) is 7.04. The second-order valence-corrected chi connectivity index (χ2v) is 9.14. The summed E-state index contributed by atoms with van der Waals surface area (Å²) < 4.78 is 27.7. The Morgan fingerprint density at radius 3 is 2.14 bits per heavy atom. The van der Waals surface area contributed by atoms with E-state index in [9.17, 15) is 13.2 Å². The molecule has 1 aliphatic heterocycles. The maximum atomic E-state index is 13.5. The molecule has 4 rings (SSSR count). The summed E-state index contributed by atoms with van der Waals surface area (Å²) in [7, 11) is -4.01. The molecule has 0 fully saturated rings. The van der Waals surface area contributed by atoms with E-state index in [4.69, 9.17) is 0 Å². The Balaban J connectivity index is 1.88. The minimum Gasteiger partial charge on any atom is -0.287 e. The van der Waals surface area contributed by atoms with Gasteiger partial charge >= 0.3 is 6.03 Å². The largest absolute Gasteiger partial charge is 0.343 e. The Kier molecular flexibility index (Phi) is 4.67. The van der Waals surface area contributed by atoms with Crippen LogP contribution in [-0.2, 0) is 16.6 Å². The van der Waals surface area contributed by atoms with Gasteiger partial charge in [0.1, 0.15) is 4.90 Å². The van der Waals surface area contributed by atoms with Crippen LogP contribution in [0.1, 0.15) is 22.3 Å². The van der Waals surface area contributed by atoms with Crippen LogP contribution in [0.3, 0.4) is 0 Å². The summed E-state index contributed by atoms with van der Waals surface area (Å²) in [6, 6.07) is 19.3. The highest BCUT2D eigenvalue weighted by Crippen LogP contribution is 2.39. The van der Waals surface area contributed by atoms with Crippen LogP contribution in [0, 0.1) is 20.8 Å². The molecule has 1 heterocycles. The van der Waals surface area contributed by atoms with Crippen LogP contribution < -0.4 is 9.21 Å². The quantitative estimate of drug-likeness (QED) is 0.619. The Morgan fingerprint density at radius 2 is 1.45 bits per heavy atom. The number of benzene rings is 3. The monoisotopic (exact) mass is 406 g/mol. The summed E-state index contributed by atoms with van der Waals surface area (Å²) >= 11 is 0. The van der Waals surface area contributed by atoms with Gasteiger partial charge in [0.25, 0.3) is 10.0 Å². The van der Waals surface area contributed by atoms with E-state index in [1.165, 1.54) is 4.90 Å². The average molecular weight is 407 g/mol. The standard InChI is InChI=1S/C23H22N2O3S/c1-16-8-11-19(12-9-16)15-24-21-6-4-5-7-22(21)29(27,28)25(23(24)26)20-13-10-17(2)14-18(20)3/h4-14H,15H2,1-3H3. The fourth-order valence-corrected chi connectivity index (χ4v) is 5.26. The number of anilines is 2. The van der Waals surface area contributed by atoms with Crippen molar-refractivity contribution in [3.8, 4) is 0 Å². The molecule has 0 aromatic heterocycles. The van der Waals surface area contributed by atoms with E-state index >= 15 is 0 Å². The summed E-state index contributed by atoms with van der Waals surface area (Å²) in [5, 5.41) is 0. The lowest BCUT2D eigenvalue weighted by atomic mass is 10.1. The zero-order valence-corrected chi connectivity index (χ0v) is 17.4. The van der Waals surface area contributed by atoms with Gasteiger partial charge < -0.3 is 0 Å². The Morgan fingerprint density at radius 1 is 0.793 bits per heavy atom. The number of aryl methyl sites for hydroxylation is 3. The molecule has 0 atom stereocenters. The third kappa shape index (κ3) is 3.29. The molecule has 0 radical (unpaired) electrons. The summed E-state index contributed by atoms with van der Waals surface area (Å²) in [5.41, 5.74) is 4.57. The van der Waals surface area contributed by atoms with Gasteiger partial charge in [-0.2, -0.15) is 4.31 Å². The highest BCUT2D eigenvalue weighted by atomic mass is 32.2. The molecule has 0 bridgehead atoms. The molecule has 6 heteroatoms. The van der Waals surface area contributed by atoms with Crippen molar-refractivity contribution >= 4 is 27.4 Å². The topological polar surface area (TPSA) is 57.7 Å². The zero-order valence-electron chi connectivity index (χ0n) is 16.6. The number of carbonyl (C=O) groups is 1. The van der Waals surface area contributed by atoms with Gasteiger partial charge in [-0.25, -0.2) is 13.2 Å². The van der Waals surface area contributed by atoms with Gasteiger partial charge in [-0.1, -0.05) is 59.7 Å². The first-order chi connectivity index (χ1) is 13.8. The van der Waals surface area contributed by atoms with Crippen LogP contribution in [-0.4, -0.2) is 14.4 Å². The number of hydrogen-bond acceptors (Lipinski definition) is 3. The number of nitrogens with zero attached hydrogens (tertiary/aromatic N) is 2. The molecule has 2 amide bonds. The fraction of sp³-hybridized carbons (Fsp3) is 0.174. The molecule has 148 valence electrons. The Bertz CT molecular complexity index is 1200. The number of amides is 2. The predicted octanol–water partition coefficient (Wildman–Crippen LogP) is 4.95. The molecule has 0 unspecified atom stereocenters. The fourth-order valence-electron chi connectivity index (χ4n) is 3.61. The highest BCUT2D eigenvalue weighted by Gasteiger charge is 2.42. The first-order valence-corrected chi connectivity index (χ1v) is 10.8. The van der Waals surface area contributed by atoms with Crippen molar-refractivity contribution in [3.05, 3.63) is 89.0 Å². The Hall–Kier alpha value is -3.12.